The van der Waals surface area contributed by atoms with E-state index in [2.05, 4.69) is 0 Å². The highest BCUT2D eigenvalue weighted by Gasteiger charge is 2.09. The van der Waals surface area contributed by atoms with Crippen molar-refractivity contribution in [1.29, 1.82) is 0 Å². The predicted molar refractivity (Wildman–Crippen MR) is 53.4 cm³/mol. The highest BCUT2D eigenvalue weighted by molar-refractivity contribution is 5.65. The van der Waals surface area contributed by atoms with Gasteiger partial charge in [0.1, 0.15) is 11.6 Å². The van der Waals surface area contributed by atoms with Crippen LogP contribution >= 0.6 is 0 Å². The van der Waals surface area contributed by atoms with Gasteiger partial charge in [0.2, 0.25) is 0 Å². The normalized spacial score (nSPS) is 10.4. The van der Waals surface area contributed by atoms with Crippen LogP contribution in [-0.4, -0.2) is 5.11 Å². The van der Waals surface area contributed by atoms with Gasteiger partial charge in [-0.2, -0.15) is 0 Å². The molecule has 0 spiro atoms. The maximum Gasteiger partial charge on any atom is 0.164 e. The van der Waals surface area contributed by atoms with Gasteiger partial charge >= 0.3 is 0 Å². The number of benzene rings is 2. The van der Waals surface area contributed by atoms with Crippen LogP contribution in [0.15, 0.2) is 36.4 Å². The molecule has 82 valence electrons. The average molecular weight is 224 g/mol. The molecule has 4 heteroatoms. The van der Waals surface area contributed by atoms with Crippen LogP contribution in [0.4, 0.5) is 13.2 Å². The fraction of sp³-hybridized carbons (Fsp3) is 0. The van der Waals surface area contributed by atoms with Crippen LogP contribution < -0.4 is 0 Å². The van der Waals surface area contributed by atoms with Crippen molar-refractivity contribution in [1.82, 2.24) is 0 Å². The van der Waals surface area contributed by atoms with Crippen molar-refractivity contribution in [2.45, 2.75) is 0 Å². The molecule has 0 aliphatic rings. The minimum Gasteiger partial charge on any atom is -0.505 e. The first kappa shape index (κ1) is 10.5. The molecule has 0 atom stereocenters. The summed E-state index contributed by atoms with van der Waals surface area (Å²) in [4.78, 5) is 0. The monoisotopic (exact) mass is 224 g/mol. The van der Waals surface area contributed by atoms with E-state index in [0.717, 1.165) is 30.3 Å². The Morgan fingerprint density at radius 2 is 1.50 bits per heavy atom. The van der Waals surface area contributed by atoms with Gasteiger partial charge in [-0.3, -0.25) is 0 Å². The van der Waals surface area contributed by atoms with Gasteiger partial charge in [0.25, 0.3) is 0 Å². The molecule has 2 rings (SSSR count). The highest BCUT2D eigenvalue weighted by Crippen LogP contribution is 2.28. The Bertz CT molecular complexity index is 538. The van der Waals surface area contributed by atoms with Gasteiger partial charge in [-0.05, 0) is 35.9 Å². The Kier molecular flexibility index (Phi) is 2.56. The Morgan fingerprint density at radius 3 is 2.19 bits per heavy atom. The van der Waals surface area contributed by atoms with Gasteiger partial charge in [0, 0.05) is 5.56 Å². The number of halogens is 3. The van der Waals surface area contributed by atoms with Crippen LogP contribution in [-0.2, 0) is 0 Å². The standard InChI is InChI=1S/C12H7F3O/c13-8-2-4-10(14)9(6-8)7-1-3-11(15)12(16)5-7/h1-6,16H. The number of phenols is 1. The molecule has 0 aromatic heterocycles. The van der Waals surface area contributed by atoms with E-state index in [0.29, 0.717) is 0 Å². The minimum absolute atomic E-state index is 0.0182. The zero-order chi connectivity index (χ0) is 11.7. The zero-order valence-corrected chi connectivity index (χ0v) is 8.05. The van der Waals surface area contributed by atoms with Crippen molar-refractivity contribution in [3.63, 3.8) is 0 Å². The van der Waals surface area contributed by atoms with E-state index in [1.807, 2.05) is 0 Å². The Hall–Kier alpha value is -1.97. The van der Waals surface area contributed by atoms with E-state index in [9.17, 15) is 13.2 Å². The first-order chi connectivity index (χ1) is 7.58. The molecule has 0 aliphatic carbocycles. The van der Waals surface area contributed by atoms with Gasteiger partial charge in [-0.1, -0.05) is 6.07 Å². The van der Waals surface area contributed by atoms with Gasteiger partial charge in [0.05, 0.1) is 0 Å². The summed E-state index contributed by atoms with van der Waals surface area (Å²) in [7, 11) is 0. The summed E-state index contributed by atoms with van der Waals surface area (Å²) in [6.07, 6.45) is 0. The third-order valence-corrected chi connectivity index (χ3v) is 2.19. The molecule has 2 aromatic carbocycles. The van der Waals surface area contributed by atoms with Crippen LogP contribution in [0.3, 0.4) is 0 Å². The lowest BCUT2D eigenvalue weighted by Gasteiger charge is -2.04. The SMILES string of the molecule is Oc1cc(-c2cc(F)ccc2F)ccc1F. The first-order valence-electron chi connectivity index (χ1n) is 4.52. The maximum atomic E-state index is 13.3. The van der Waals surface area contributed by atoms with E-state index in [1.165, 1.54) is 6.07 Å². The second kappa shape index (κ2) is 3.89. The third-order valence-electron chi connectivity index (χ3n) is 2.19. The molecule has 1 N–H and O–H groups in total. The Balaban J connectivity index is 2.58. The maximum absolute atomic E-state index is 13.3. The molecular weight excluding hydrogens is 217 g/mol. The Morgan fingerprint density at radius 1 is 0.812 bits per heavy atom. The smallest absolute Gasteiger partial charge is 0.164 e. The molecule has 0 fully saturated rings. The average Bonchev–Trinajstić information content (AvgIpc) is 2.26. The van der Waals surface area contributed by atoms with E-state index >= 15 is 0 Å². The summed E-state index contributed by atoms with van der Waals surface area (Å²) < 4.78 is 39.0. The topological polar surface area (TPSA) is 20.2 Å². The quantitative estimate of drug-likeness (QED) is 0.786. The number of hydrogen-bond donors (Lipinski definition) is 1. The molecule has 2 aromatic rings. The molecular formula is C12H7F3O. The first-order valence-corrected chi connectivity index (χ1v) is 4.52. The summed E-state index contributed by atoms with van der Waals surface area (Å²) in [6, 6.07) is 6.27. The Labute approximate surface area is 89.8 Å². The number of hydrogen-bond acceptors (Lipinski definition) is 1. The van der Waals surface area contributed by atoms with Crippen LogP contribution in [0.25, 0.3) is 11.1 Å². The van der Waals surface area contributed by atoms with Crippen molar-refractivity contribution in [2.24, 2.45) is 0 Å². The molecule has 0 radical (unpaired) electrons. The van der Waals surface area contributed by atoms with Crippen molar-refractivity contribution < 1.29 is 18.3 Å². The molecule has 1 nitrogen and oxygen atoms in total. The number of phenolic OH excluding ortho intramolecular Hbond substituents is 1. The molecule has 0 amide bonds. The summed E-state index contributed by atoms with van der Waals surface area (Å²) in [5.41, 5.74) is 0.200. The van der Waals surface area contributed by atoms with E-state index in [1.54, 1.807) is 0 Å². The van der Waals surface area contributed by atoms with Gasteiger partial charge in [-0.25, -0.2) is 13.2 Å². The number of rotatable bonds is 1. The van der Waals surface area contributed by atoms with E-state index < -0.39 is 23.2 Å². The molecule has 0 heterocycles. The zero-order valence-electron chi connectivity index (χ0n) is 8.05. The van der Waals surface area contributed by atoms with E-state index in [-0.39, 0.29) is 11.1 Å². The fourth-order valence-electron chi connectivity index (χ4n) is 1.40. The van der Waals surface area contributed by atoms with Gasteiger partial charge < -0.3 is 5.11 Å². The van der Waals surface area contributed by atoms with Crippen molar-refractivity contribution >= 4 is 0 Å². The highest BCUT2D eigenvalue weighted by atomic mass is 19.1. The summed E-state index contributed by atoms with van der Waals surface area (Å²) in [6.45, 7) is 0. The van der Waals surface area contributed by atoms with Crippen LogP contribution in [0.1, 0.15) is 0 Å². The predicted octanol–water partition coefficient (Wildman–Crippen LogP) is 3.48. The molecule has 0 bridgehead atoms. The molecule has 0 aliphatic heterocycles. The molecule has 0 saturated carbocycles. The summed E-state index contributed by atoms with van der Waals surface area (Å²) in [5, 5.41) is 9.13. The fourth-order valence-corrected chi connectivity index (χ4v) is 1.40. The summed E-state index contributed by atoms with van der Waals surface area (Å²) in [5.74, 6) is -2.63. The van der Waals surface area contributed by atoms with Crippen LogP contribution in [0.5, 0.6) is 5.75 Å². The van der Waals surface area contributed by atoms with Crippen LogP contribution in [0, 0.1) is 17.5 Å². The lowest BCUT2D eigenvalue weighted by molar-refractivity contribution is 0.432. The lowest BCUT2D eigenvalue weighted by Crippen LogP contribution is -1.87. The van der Waals surface area contributed by atoms with Gasteiger partial charge in [0.15, 0.2) is 11.6 Å². The van der Waals surface area contributed by atoms with Crippen molar-refractivity contribution in [2.75, 3.05) is 0 Å². The van der Waals surface area contributed by atoms with Gasteiger partial charge in [-0.15, -0.1) is 0 Å². The minimum atomic E-state index is -0.805. The molecule has 0 unspecified atom stereocenters. The number of aromatic hydroxyl groups is 1. The van der Waals surface area contributed by atoms with Crippen molar-refractivity contribution in [3.8, 4) is 16.9 Å². The van der Waals surface area contributed by atoms with E-state index in [4.69, 9.17) is 5.11 Å². The van der Waals surface area contributed by atoms with Crippen LogP contribution in [0.2, 0.25) is 0 Å². The largest absolute Gasteiger partial charge is 0.505 e. The molecule has 16 heavy (non-hydrogen) atoms. The summed E-state index contributed by atoms with van der Waals surface area (Å²) >= 11 is 0. The third kappa shape index (κ3) is 1.86. The second-order valence-electron chi connectivity index (χ2n) is 3.29. The molecule has 0 saturated heterocycles. The van der Waals surface area contributed by atoms with Crippen molar-refractivity contribution in [3.05, 3.63) is 53.8 Å². The second-order valence-corrected chi connectivity index (χ2v) is 3.29. The lowest BCUT2D eigenvalue weighted by atomic mass is 10.0.